The number of likely N-dealkylation sites (N-methyl/N-ethyl adjacent to an activating group) is 1. The fourth-order valence-electron chi connectivity index (χ4n) is 2.97. The molecule has 0 saturated carbocycles. The van der Waals surface area contributed by atoms with Crippen LogP contribution < -0.4 is 10.1 Å². The Kier molecular flexibility index (Phi) is 5.50. The highest BCUT2D eigenvalue weighted by atomic mass is 16.5. The van der Waals surface area contributed by atoms with Crippen LogP contribution >= 0.6 is 0 Å². The van der Waals surface area contributed by atoms with E-state index in [9.17, 15) is 4.79 Å². The number of hydrogen-bond acceptors (Lipinski definition) is 5. The molecule has 0 aliphatic carbocycles. The van der Waals surface area contributed by atoms with Gasteiger partial charge < -0.3 is 19.9 Å². The average molecular weight is 340 g/mol. The molecule has 0 radical (unpaired) electrons. The smallest absolute Gasteiger partial charge is 0.257 e. The first-order chi connectivity index (χ1) is 12.2. The van der Waals surface area contributed by atoms with Crippen LogP contribution in [0.2, 0.25) is 0 Å². The van der Waals surface area contributed by atoms with Crippen LogP contribution in [0.5, 0.6) is 5.75 Å². The summed E-state index contributed by atoms with van der Waals surface area (Å²) < 4.78 is 5.37. The molecule has 6 heteroatoms. The van der Waals surface area contributed by atoms with Gasteiger partial charge in [-0.05, 0) is 44.3 Å². The van der Waals surface area contributed by atoms with Crippen LogP contribution in [0.3, 0.4) is 0 Å². The minimum absolute atomic E-state index is 0.0146. The van der Waals surface area contributed by atoms with Crippen LogP contribution in [0.1, 0.15) is 16.8 Å². The van der Waals surface area contributed by atoms with Crippen molar-refractivity contribution in [1.82, 2.24) is 14.8 Å². The zero-order valence-electron chi connectivity index (χ0n) is 14.7. The van der Waals surface area contributed by atoms with Crippen molar-refractivity contribution in [3.63, 3.8) is 0 Å². The largest absolute Gasteiger partial charge is 0.495 e. The van der Waals surface area contributed by atoms with Crippen LogP contribution in [0.4, 0.5) is 11.5 Å². The van der Waals surface area contributed by atoms with Gasteiger partial charge in [-0.15, -0.1) is 0 Å². The minimum Gasteiger partial charge on any atom is -0.495 e. The number of nitrogens with one attached hydrogen (secondary N) is 1. The second kappa shape index (κ2) is 7.98. The average Bonchev–Trinajstić information content (AvgIpc) is 2.86. The molecule has 0 unspecified atom stereocenters. The topological polar surface area (TPSA) is 57.7 Å². The Morgan fingerprint density at radius 2 is 1.96 bits per heavy atom. The molecule has 1 saturated heterocycles. The third-order valence-electron chi connectivity index (χ3n) is 4.40. The molecule has 25 heavy (non-hydrogen) atoms. The van der Waals surface area contributed by atoms with Crippen molar-refractivity contribution in [1.29, 1.82) is 0 Å². The molecule has 1 aliphatic heterocycles. The van der Waals surface area contributed by atoms with Gasteiger partial charge in [0.15, 0.2) is 0 Å². The molecule has 1 fully saturated rings. The van der Waals surface area contributed by atoms with Gasteiger partial charge in [-0.2, -0.15) is 0 Å². The summed E-state index contributed by atoms with van der Waals surface area (Å²) in [6.07, 6.45) is 2.67. The van der Waals surface area contributed by atoms with Crippen LogP contribution in [0.15, 0.2) is 42.6 Å². The van der Waals surface area contributed by atoms with Gasteiger partial charge >= 0.3 is 0 Å². The van der Waals surface area contributed by atoms with Gasteiger partial charge in [0.1, 0.15) is 11.6 Å². The molecule has 0 bridgehead atoms. The summed E-state index contributed by atoms with van der Waals surface area (Å²) in [7, 11) is 3.71. The lowest BCUT2D eigenvalue weighted by Crippen LogP contribution is -2.34. The predicted molar refractivity (Wildman–Crippen MR) is 98.5 cm³/mol. The van der Waals surface area contributed by atoms with E-state index in [1.165, 1.54) is 0 Å². The fraction of sp³-hybridized carbons (Fsp3) is 0.368. The number of anilines is 2. The summed E-state index contributed by atoms with van der Waals surface area (Å²) in [5.41, 5.74) is 1.37. The van der Waals surface area contributed by atoms with E-state index in [0.29, 0.717) is 17.1 Å². The summed E-state index contributed by atoms with van der Waals surface area (Å²) in [5, 5.41) is 3.24. The maximum absolute atomic E-state index is 13.0. The van der Waals surface area contributed by atoms with Gasteiger partial charge in [-0.25, -0.2) is 4.98 Å². The Hall–Kier alpha value is -2.60. The van der Waals surface area contributed by atoms with Crippen molar-refractivity contribution < 1.29 is 9.53 Å². The fourth-order valence-corrected chi connectivity index (χ4v) is 2.97. The van der Waals surface area contributed by atoms with Crippen LogP contribution in [-0.2, 0) is 0 Å². The maximum Gasteiger partial charge on any atom is 0.257 e. The van der Waals surface area contributed by atoms with Gasteiger partial charge in [0, 0.05) is 25.8 Å². The van der Waals surface area contributed by atoms with Crippen molar-refractivity contribution in [3.8, 4) is 5.75 Å². The molecule has 132 valence electrons. The zero-order valence-corrected chi connectivity index (χ0v) is 14.7. The molecule has 2 aromatic rings. The van der Waals surface area contributed by atoms with Gasteiger partial charge in [-0.3, -0.25) is 4.79 Å². The monoisotopic (exact) mass is 340 g/mol. The van der Waals surface area contributed by atoms with Gasteiger partial charge in [0.2, 0.25) is 0 Å². The number of hydrogen-bond donors (Lipinski definition) is 1. The summed E-state index contributed by atoms with van der Waals surface area (Å²) >= 11 is 0. The van der Waals surface area contributed by atoms with E-state index in [1.807, 2.05) is 35.2 Å². The lowest BCUT2D eigenvalue weighted by Gasteiger charge is -2.22. The number of rotatable bonds is 4. The summed E-state index contributed by atoms with van der Waals surface area (Å²) in [6, 6.07) is 11.2. The van der Waals surface area contributed by atoms with Gasteiger partial charge in [0.05, 0.1) is 18.4 Å². The number of para-hydroxylation sites is 2. The number of benzene rings is 1. The molecule has 1 aliphatic rings. The number of carbonyl (C=O) groups excluding carboxylic acids is 1. The highest BCUT2D eigenvalue weighted by Gasteiger charge is 2.22. The Labute approximate surface area is 148 Å². The highest BCUT2D eigenvalue weighted by Crippen LogP contribution is 2.28. The van der Waals surface area contributed by atoms with Crippen molar-refractivity contribution in [2.45, 2.75) is 6.42 Å². The van der Waals surface area contributed by atoms with E-state index in [-0.39, 0.29) is 5.91 Å². The summed E-state index contributed by atoms with van der Waals surface area (Å²) in [6.45, 7) is 3.41. The summed E-state index contributed by atoms with van der Waals surface area (Å²) in [4.78, 5) is 21.6. The predicted octanol–water partition coefficient (Wildman–Crippen LogP) is 2.61. The molecule has 1 aromatic carbocycles. The second-order valence-corrected chi connectivity index (χ2v) is 6.17. The lowest BCUT2D eigenvalue weighted by atomic mass is 10.2. The van der Waals surface area contributed by atoms with Crippen LogP contribution in [-0.4, -0.2) is 61.0 Å². The van der Waals surface area contributed by atoms with Crippen LogP contribution in [0, 0.1) is 0 Å². The van der Waals surface area contributed by atoms with E-state index in [0.717, 1.165) is 38.3 Å². The Balaban J connectivity index is 1.84. The van der Waals surface area contributed by atoms with Gasteiger partial charge in [-0.1, -0.05) is 12.1 Å². The van der Waals surface area contributed by atoms with E-state index in [1.54, 1.807) is 19.4 Å². The Morgan fingerprint density at radius 1 is 1.12 bits per heavy atom. The molecule has 1 N–H and O–H groups in total. The molecule has 0 atom stereocenters. The van der Waals surface area contributed by atoms with Crippen molar-refractivity contribution >= 4 is 17.4 Å². The molecule has 6 nitrogen and oxygen atoms in total. The first-order valence-electron chi connectivity index (χ1n) is 8.52. The Morgan fingerprint density at radius 3 is 2.80 bits per heavy atom. The molecule has 0 spiro atoms. The third-order valence-corrected chi connectivity index (χ3v) is 4.40. The number of ether oxygens (including phenoxy) is 1. The first kappa shape index (κ1) is 17.2. The Bertz CT molecular complexity index is 735. The van der Waals surface area contributed by atoms with Gasteiger partial charge in [0.25, 0.3) is 5.91 Å². The van der Waals surface area contributed by atoms with Crippen molar-refractivity contribution in [3.05, 3.63) is 48.2 Å². The van der Waals surface area contributed by atoms with Crippen LogP contribution in [0.25, 0.3) is 0 Å². The third kappa shape index (κ3) is 4.09. The highest BCUT2D eigenvalue weighted by molar-refractivity contribution is 5.99. The van der Waals surface area contributed by atoms with E-state index in [4.69, 9.17) is 4.74 Å². The lowest BCUT2D eigenvalue weighted by molar-refractivity contribution is 0.0763. The number of carbonyl (C=O) groups is 1. The normalized spacial score (nSPS) is 15.5. The summed E-state index contributed by atoms with van der Waals surface area (Å²) in [5.74, 6) is 1.28. The molecule has 1 aromatic heterocycles. The van der Waals surface area contributed by atoms with E-state index < -0.39 is 0 Å². The second-order valence-electron chi connectivity index (χ2n) is 6.17. The number of aromatic nitrogens is 1. The molecule has 3 rings (SSSR count). The quantitative estimate of drug-likeness (QED) is 0.927. The van der Waals surface area contributed by atoms with E-state index >= 15 is 0 Å². The number of pyridine rings is 1. The molecule has 2 heterocycles. The number of nitrogens with zero attached hydrogens (tertiary/aromatic N) is 3. The van der Waals surface area contributed by atoms with E-state index in [2.05, 4.69) is 22.2 Å². The first-order valence-corrected chi connectivity index (χ1v) is 8.52. The molecular formula is C19H24N4O2. The standard InChI is InChI=1S/C19H24N4O2/c1-22-11-6-12-23(14-13-22)19(24)15-7-5-10-20-18(15)21-16-8-3-4-9-17(16)25-2/h3-5,7-10H,6,11-14H2,1-2H3,(H,20,21). The molecule has 1 amide bonds. The SMILES string of the molecule is COc1ccccc1Nc1ncccc1C(=O)N1CCCN(C)CC1. The number of amides is 1. The van der Waals surface area contributed by atoms with Crippen molar-refractivity contribution in [2.75, 3.05) is 45.7 Å². The zero-order chi connectivity index (χ0) is 17.6. The maximum atomic E-state index is 13.0. The number of methoxy groups -OCH3 is 1. The minimum atomic E-state index is 0.0146. The molecular weight excluding hydrogens is 316 g/mol. The van der Waals surface area contributed by atoms with Crippen molar-refractivity contribution in [2.24, 2.45) is 0 Å².